The first-order valence-corrected chi connectivity index (χ1v) is 9.76. The van der Waals surface area contributed by atoms with Crippen LogP contribution in [0.3, 0.4) is 0 Å². The molecule has 1 amide bonds. The van der Waals surface area contributed by atoms with Crippen LogP contribution in [0.2, 0.25) is 0 Å². The lowest BCUT2D eigenvalue weighted by atomic mass is 9.94. The van der Waals surface area contributed by atoms with Crippen molar-refractivity contribution in [3.8, 4) is 0 Å². The maximum Gasteiger partial charge on any atom is 0.339 e. The molecule has 0 aromatic carbocycles. The van der Waals surface area contributed by atoms with Gasteiger partial charge in [0, 0.05) is 10.9 Å². The van der Waals surface area contributed by atoms with E-state index in [2.05, 4.69) is 10.2 Å². The van der Waals surface area contributed by atoms with Crippen LogP contribution < -0.4 is 5.32 Å². The van der Waals surface area contributed by atoms with Crippen LogP contribution in [0.25, 0.3) is 0 Å². The van der Waals surface area contributed by atoms with Crippen LogP contribution in [0.4, 0.5) is 5.00 Å². The van der Waals surface area contributed by atoms with E-state index in [1.54, 1.807) is 0 Å². The van der Waals surface area contributed by atoms with E-state index in [1.165, 1.54) is 30.6 Å². The Balaban J connectivity index is 1.67. The second kappa shape index (κ2) is 7.66. The standard InChI is InChI=1S/C18H26N2O3S/c1-20(12-7-3-2-4-8-12)11-15(21)19-17-16(18(22)23)13-9-5-6-10-14(13)24-17/h12H,2-11H2,1H3,(H,19,21)(H,22,23). The van der Waals surface area contributed by atoms with Gasteiger partial charge in [0.15, 0.2) is 0 Å². The van der Waals surface area contributed by atoms with Gasteiger partial charge in [-0.3, -0.25) is 9.69 Å². The number of hydrogen-bond donors (Lipinski definition) is 2. The molecule has 3 rings (SSSR count). The highest BCUT2D eigenvalue weighted by Gasteiger charge is 2.27. The molecule has 0 bridgehead atoms. The van der Waals surface area contributed by atoms with Crippen LogP contribution in [0, 0.1) is 0 Å². The van der Waals surface area contributed by atoms with Crippen LogP contribution in [0.15, 0.2) is 0 Å². The molecule has 0 atom stereocenters. The third kappa shape index (κ3) is 3.81. The largest absolute Gasteiger partial charge is 0.478 e. The summed E-state index contributed by atoms with van der Waals surface area (Å²) < 4.78 is 0. The fourth-order valence-electron chi connectivity index (χ4n) is 3.92. The Morgan fingerprint density at radius 2 is 1.88 bits per heavy atom. The molecular weight excluding hydrogens is 324 g/mol. The molecule has 1 fully saturated rings. The summed E-state index contributed by atoms with van der Waals surface area (Å²) in [7, 11) is 1.99. The molecule has 1 saturated carbocycles. The number of fused-ring (bicyclic) bond motifs is 1. The summed E-state index contributed by atoms with van der Waals surface area (Å²) >= 11 is 1.45. The number of anilines is 1. The lowest BCUT2D eigenvalue weighted by Gasteiger charge is -2.30. The minimum atomic E-state index is -0.926. The lowest BCUT2D eigenvalue weighted by molar-refractivity contribution is -0.117. The van der Waals surface area contributed by atoms with Crippen LogP contribution in [0.1, 0.15) is 65.7 Å². The predicted molar refractivity (Wildman–Crippen MR) is 96.1 cm³/mol. The highest BCUT2D eigenvalue weighted by Crippen LogP contribution is 2.38. The Bertz CT molecular complexity index is 620. The summed E-state index contributed by atoms with van der Waals surface area (Å²) in [5.41, 5.74) is 1.26. The van der Waals surface area contributed by atoms with Gasteiger partial charge in [0.25, 0.3) is 0 Å². The first-order valence-electron chi connectivity index (χ1n) is 8.94. The Morgan fingerprint density at radius 3 is 2.58 bits per heavy atom. The van der Waals surface area contributed by atoms with Crippen molar-refractivity contribution in [1.29, 1.82) is 0 Å². The molecule has 0 radical (unpaired) electrons. The van der Waals surface area contributed by atoms with E-state index in [4.69, 9.17) is 0 Å². The maximum atomic E-state index is 12.4. The number of aromatic carboxylic acids is 1. The van der Waals surface area contributed by atoms with Crippen molar-refractivity contribution in [3.63, 3.8) is 0 Å². The summed E-state index contributed by atoms with van der Waals surface area (Å²) in [4.78, 5) is 27.3. The van der Waals surface area contributed by atoms with Crippen molar-refractivity contribution in [3.05, 3.63) is 16.0 Å². The zero-order valence-electron chi connectivity index (χ0n) is 14.3. The number of rotatable bonds is 5. The Morgan fingerprint density at radius 1 is 1.17 bits per heavy atom. The predicted octanol–water partition coefficient (Wildman–Crippen LogP) is 3.53. The molecule has 2 aliphatic carbocycles. The fourth-order valence-corrected chi connectivity index (χ4v) is 5.22. The molecule has 24 heavy (non-hydrogen) atoms. The van der Waals surface area contributed by atoms with E-state index in [9.17, 15) is 14.7 Å². The number of amides is 1. The topological polar surface area (TPSA) is 69.6 Å². The zero-order valence-corrected chi connectivity index (χ0v) is 15.1. The van der Waals surface area contributed by atoms with Gasteiger partial charge in [0.05, 0.1) is 12.1 Å². The Hall–Kier alpha value is -1.40. The smallest absolute Gasteiger partial charge is 0.339 e. The third-order valence-electron chi connectivity index (χ3n) is 5.23. The van der Waals surface area contributed by atoms with Crippen LogP contribution in [0.5, 0.6) is 0 Å². The second-order valence-corrected chi connectivity index (χ2v) is 8.08. The third-order valence-corrected chi connectivity index (χ3v) is 6.44. The molecule has 0 spiro atoms. The van der Waals surface area contributed by atoms with Gasteiger partial charge in [-0.1, -0.05) is 19.3 Å². The Labute approximate surface area is 147 Å². The number of hydrogen-bond acceptors (Lipinski definition) is 4. The minimum Gasteiger partial charge on any atom is -0.478 e. The number of carboxylic acid groups (broad SMARTS) is 1. The zero-order chi connectivity index (χ0) is 17.1. The highest BCUT2D eigenvalue weighted by atomic mass is 32.1. The quantitative estimate of drug-likeness (QED) is 0.852. The number of thiophene rings is 1. The van der Waals surface area contributed by atoms with Gasteiger partial charge in [-0.25, -0.2) is 4.79 Å². The number of carbonyl (C=O) groups is 2. The Kier molecular flexibility index (Phi) is 5.56. The molecule has 1 heterocycles. The van der Waals surface area contributed by atoms with Gasteiger partial charge < -0.3 is 10.4 Å². The molecule has 5 nitrogen and oxygen atoms in total. The molecule has 0 aliphatic heterocycles. The van der Waals surface area contributed by atoms with Gasteiger partial charge in [0.1, 0.15) is 5.00 Å². The molecular formula is C18H26N2O3S. The first-order chi connectivity index (χ1) is 11.6. The van der Waals surface area contributed by atoms with E-state index in [0.717, 1.165) is 49.0 Å². The normalized spacial score (nSPS) is 18.4. The number of carbonyl (C=O) groups excluding carboxylic acids is 1. The van der Waals surface area contributed by atoms with Gasteiger partial charge in [-0.15, -0.1) is 11.3 Å². The maximum absolute atomic E-state index is 12.4. The molecule has 1 aromatic rings. The highest BCUT2D eigenvalue weighted by molar-refractivity contribution is 7.17. The van der Waals surface area contributed by atoms with Crippen molar-refractivity contribution in [2.24, 2.45) is 0 Å². The first kappa shape index (κ1) is 17.4. The molecule has 0 saturated heterocycles. The van der Waals surface area contributed by atoms with Crippen LogP contribution >= 0.6 is 11.3 Å². The minimum absolute atomic E-state index is 0.107. The number of carboxylic acids is 1. The fraction of sp³-hybridized carbons (Fsp3) is 0.667. The number of likely N-dealkylation sites (N-methyl/N-ethyl adjacent to an activating group) is 1. The van der Waals surface area contributed by atoms with Crippen molar-refractivity contribution >= 4 is 28.2 Å². The molecule has 6 heteroatoms. The molecule has 0 unspecified atom stereocenters. The van der Waals surface area contributed by atoms with Crippen LogP contribution in [-0.4, -0.2) is 41.5 Å². The van der Waals surface area contributed by atoms with E-state index in [-0.39, 0.29) is 5.91 Å². The average molecular weight is 350 g/mol. The monoisotopic (exact) mass is 350 g/mol. The summed E-state index contributed by atoms with van der Waals surface area (Å²) in [6.07, 6.45) is 9.93. The number of nitrogens with one attached hydrogen (secondary N) is 1. The van der Waals surface area contributed by atoms with Crippen molar-refractivity contribution < 1.29 is 14.7 Å². The average Bonchev–Trinajstić information content (AvgIpc) is 2.93. The molecule has 2 N–H and O–H groups in total. The van der Waals surface area contributed by atoms with E-state index >= 15 is 0 Å². The van der Waals surface area contributed by atoms with Crippen molar-refractivity contribution in [2.45, 2.75) is 63.8 Å². The van der Waals surface area contributed by atoms with Gasteiger partial charge >= 0.3 is 5.97 Å². The second-order valence-electron chi connectivity index (χ2n) is 6.98. The molecule has 1 aromatic heterocycles. The van der Waals surface area contributed by atoms with Crippen molar-refractivity contribution in [1.82, 2.24) is 4.90 Å². The molecule has 132 valence electrons. The number of nitrogens with zero attached hydrogens (tertiary/aromatic N) is 1. The number of aryl methyl sites for hydroxylation is 1. The van der Waals surface area contributed by atoms with Gasteiger partial charge in [0.2, 0.25) is 5.91 Å². The summed E-state index contributed by atoms with van der Waals surface area (Å²) in [5.74, 6) is -1.03. The van der Waals surface area contributed by atoms with Crippen molar-refractivity contribution in [2.75, 3.05) is 18.9 Å². The van der Waals surface area contributed by atoms with Crippen LogP contribution in [-0.2, 0) is 17.6 Å². The summed E-state index contributed by atoms with van der Waals surface area (Å²) in [6, 6.07) is 0.472. The summed E-state index contributed by atoms with van der Waals surface area (Å²) in [6.45, 7) is 0.326. The van der Waals surface area contributed by atoms with Gasteiger partial charge in [-0.05, 0) is 51.1 Å². The molecule has 2 aliphatic rings. The van der Waals surface area contributed by atoms with E-state index < -0.39 is 5.97 Å². The summed E-state index contributed by atoms with van der Waals surface area (Å²) in [5, 5.41) is 13.0. The van der Waals surface area contributed by atoms with E-state index in [0.29, 0.717) is 23.2 Å². The lowest BCUT2D eigenvalue weighted by Crippen LogP contribution is -2.39. The SMILES string of the molecule is CN(CC(=O)Nc1sc2c(c1C(=O)O)CCCC2)C1CCCCC1. The van der Waals surface area contributed by atoms with Gasteiger partial charge in [-0.2, -0.15) is 0 Å². The van der Waals surface area contributed by atoms with E-state index in [1.807, 2.05) is 7.05 Å².